The van der Waals surface area contributed by atoms with Gasteiger partial charge < -0.3 is 14.8 Å². The Balaban J connectivity index is 2.36. The number of rotatable bonds is 6. The van der Waals surface area contributed by atoms with E-state index in [9.17, 15) is 4.79 Å². The van der Waals surface area contributed by atoms with Crippen molar-refractivity contribution in [2.45, 2.75) is 39.5 Å². The zero-order valence-electron chi connectivity index (χ0n) is 11.4. The van der Waals surface area contributed by atoms with Crippen molar-refractivity contribution in [2.75, 3.05) is 26.3 Å². The quantitative estimate of drug-likeness (QED) is 0.448. The number of oxime groups is 1. The number of hydrogen-bond donors (Lipinski definition) is 1. The Kier molecular flexibility index (Phi) is 6.72. The summed E-state index contributed by atoms with van der Waals surface area (Å²) in [6, 6.07) is 0. The van der Waals surface area contributed by atoms with E-state index >= 15 is 0 Å². The number of nitrogens with zero attached hydrogens (tertiary/aromatic N) is 2. The maximum atomic E-state index is 12.0. The van der Waals surface area contributed by atoms with Gasteiger partial charge in [-0.1, -0.05) is 19.0 Å². The zero-order chi connectivity index (χ0) is 13.4. The molecule has 1 N–H and O–H groups in total. The molecule has 1 rings (SSSR count). The first-order valence-corrected chi connectivity index (χ1v) is 6.79. The van der Waals surface area contributed by atoms with E-state index in [1.54, 1.807) is 0 Å². The van der Waals surface area contributed by atoms with Crippen LogP contribution in [0.5, 0.6) is 0 Å². The zero-order valence-corrected chi connectivity index (χ0v) is 11.4. The van der Waals surface area contributed by atoms with Crippen molar-refractivity contribution < 1.29 is 14.7 Å². The molecular formula is C13H24N2O3. The first-order chi connectivity index (χ1) is 8.72. The fourth-order valence-corrected chi connectivity index (χ4v) is 2.20. The van der Waals surface area contributed by atoms with E-state index in [0.717, 1.165) is 18.6 Å². The monoisotopic (exact) mass is 256 g/mol. The predicted octanol–water partition coefficient (Wildman–Crippen LogP) is 1.89. The van der Waals surface area contributed by atoms with Gasteiger partial charge >= 0.3 is 0 Å². The molecular weight excluding hydrogens is 232 g/mol. The first kappa shape index (κ1) is 15.0. The molecule has 1 unspecified atom stereocenters. The van der Waals surface area contributed by atoms with Crippen LogP contribution in [0.2, 0.25) is 0 Å². The number of amides is 1. The van der Waals surface area contributed by atoms with E-state index in [0.29, 0.717) is 39.1 Å². The summed E-state index contributed by atoms with van der Waals surface area (Å²) in [6.07, 6.45) is 3.00. The van der Waals surface area contributed by atoms with Gasteiger partial charge in [-0.15, -0.1) is 0 Å². The Morgan fingerprint density at radius 1 is 1.50 bits per heavy atom. The third kappa shape index (κ3) is 4.29. The average molecular weight is 256 g/mol. The SMILES string of the molecule is CCCOCCC(=O)N1CCC(=NO)C(CC)C1. The maximum absolute atomic E-state index is 12.0. The Labute approximate surface area is 109 Å². The highest BCUT2D eigenvalue weighted by Gasteiger charge is 2.27. The summed E-state index contributed by atoms with van der Waals surface area (Å²) in [6.45, 7) is 6.64. The van der Waals surface area contributed by atoms with Gasteiger partial charge in [0.2, 0.25) is 5.91 Å². The van der Waals surface area contributed by atoms with E-state index in [4.69, 9.17) is 9.94 Å². The minimum Gasteiger partial charge on any atom is -0.411 e. The molecule has 1 amide bonds. The maximum Gasteiger partial charge on any atom is 0.224 e. The predicted molar refractivity (Wildman–Crippen MR) is 69.9 cm³/mol. The lowest BCUT2D eigenvalue weighted by Gasteiger charge is -2.32. The van der Waals surface area contributed by atoms with E-state index in [1.165, 1.54) is 0 Å². The van der Waals surface area contributed by atoms with Gasteiger partial charge in [-0.2, -0.15) is 0 Å². The van der Waals surface area contributed by atoms with Gasteiger partial charge in [-0.3, -0.25) is 4.79 Å². The van der Waals surface area contributed by atoms with Crippen LogP contribution >= 0.6 is 0 Å². The van der Waals surface area contributed by atoms with Crippen LogP contribution in [0.3, 0.4) is 0 Å². The van der Waals surface area contributed by atoms with Gasteiger partial charge in [0, 0.05) is 32.0 Å². The third-order valence-corrected chi connectivity index (χ3v) is 3.33. The Bertz CT molecular complexity index is 292. The number of hydrogen-bond acceptors (Lipinski definition) is 4. The van der Waals surface area contributed by atoms with Gasteiger partial charge in [-0.05, 0) is 12.8 Å². The molecule has 0 aromatic heterocycles. The highest BCUT2D eigenvalue weighted by atomic mass is 16.5. The van der Waals surface area contributed by atoms with Crippen molar-refractivity contribution in [3.05, 3.63) is 0 Å². The summed E-state index contributed by atoms with van der Waals surface area (Å²) in [5.41, 5.74) is 0.823. The van der Waals surface area contributed by atoms with Gasteiger partial charge in [0.25, 0.3) is 0 Å². The molecule has 0 bridgehead atoms. The van der Waals surface area contributed by atoms with Crippen LogP contribution in [0.15, 0.2) is 5.16 Å². The molecule has 0 aromatic rings. The smallest absolute Gasteiger partial charge is 0.224 e. The van der Waals surface area contributed by atoms with E-state index in [2.05, 4.69) is 5.16 Å². The average Bonchev–Trinajstić information content (AvgIpc) is 2.42. The van der Waals surface area contributed by atoms with Crippen LogP contribution < -0.4 is 0 Å². The molecule has 0 aliphatic carbocycles. The first-order valence-electron chi connectivity index (χ1n) is 6.79. The van der Waals surface area contributed by atoms with E-state index in [-0.39, 0.29) is 11.8 Å². The molecule has 5 heteroatoms. The molecule has 1 heterocycles. The fourth-order valence-electron chi connectivity index (χ4n) is 2.20. The highest BCUT2D eigenvalue weighted by Crippen LogP contribution is 2.18. The highest BCUT2D eigenvalue weighted by molar-refractivity contribution is 5.89. The second-order valence-electron chi connectivity index (χ2n) is 4.65. The van der Waals surface area contributed by atoms with Crippen molar-refractivity contribution in [1.29, 1.82) is 0 Å². The van der Waals surface area contributed by atoms with Crippen molar-refractivity contribution in [3.8, 4) is 0 Å². The Morgan fingerprint density at radius 3 is 2.89 bits per heavy atom. The van der Waals surface area contributed by atoms with Gasteiger partial charge in [-0.25, -0.2) is 0 Å². The molecule has 0 saturated carbocycles. The minimum atomic E-state index is 0.140. The molecule has 0 radical (unpaired) electrons. The number of carbonyl (C=O) groups is 1. The van der Waals surface area contributed by atoms with Crippen LogP contribution in [-0.4, -0.2) is 48.0 Å². The number of carbonyl (C=O) groups excluding carboxylic acids is 1. The topological polar surface area (TPSA) is 62.1 Å². The molecule has 1 fully saturated rings. The number of piperidine rings is 1. The molecule has 1 atom stereocenters. The van der Waals surface area contributed by atoms with Crippen LogP contribution in [0, 0.1) is 5.92 Å². The Morgan fingerprint density at radius 2 is 2.28 bits per heavy atom. The van der Waals surface area contributed by atoms with Crippen molar-refractivity contribution >= 4 is 11.6 Å². The van der Waals surface area contributed by atoms with Gasteiger partial charge in [0.15, 0.2) is 0 Å². The summed E-state index contributed by atoms with van der Waals surface area (Å²) in [5.74, 6) is 0.339. The van der Waals surface area contributed by atoms with Crippen molar-refractivity contribution in [1.82, 2.24) is 4.90 Å². The molecule has 18 heavy (non-hydrogen) atoms. The second kappa shape index (κ2) is 8.08. The van der Waals surface area contributed by atoms with Gasteiger partial charge in [0.1, 0.15) is 0 Å². The van der Waals surface area contributed by atoms with Gasteiger partial charge in [0.05, 0.1) is 18.7 Å². The lowest BCUT2D eigenvalue weighted by atomic mass is 9.93. The normalized spacial score (nSPS) is 22.4. The third-order valence-electron chi connectivity index (χ3n) is 3.33. The number of likely N-dealkylation sites (tertiary alicyclic amines) is 1. The molecule has 0 aromatic carbocycles. The molecule has 1 aliphatic heterocycles. The second-order valence-corrected chi connectivity index (χ2v) is 4.65. The van der Waals surface area contributed by atoms with E-state index < -0.39 is 0 Å². The molecule has 0 spiro atoms. The molecule has 1 saturated heterocycles. The van der Waals surface area contributed by atoms with Crippen molar-refractivity contribution in [2.24, 2.45) is 11.1 Å². The fraction of sp³-hybridized carbons (Fsp3) is 0.846. The standard InChI is InChI=1S/C13H24N2O3/c1-3-8-18-9-6-13(16)15-7-5-12(14-17)11(4-2)10-15/h11,17H,3-10H2,1-2H3. The van der Waals surface area contributed by atoms with Crippen molar-refractivity contribution in [3.63, 3.8) is 0 Å². The molecule has 104 valence electrons. The minimum absolute atomic E-state index is 0.140. The van der Waals surface area contributed by atoms with Crippen LogP contribution in [0.1, 0.15) is 39.5 Å². The molecule has 1 aliphatic rings. The number of ether oxygens (including phenoxy) is 1. The Hall–Kier alpha value is -1.10. The largest absolute Gasteiger partial charge is 0.411 e. The summed E-state index contributed by atoms with van der Waals surface area (Å²) in [4.78, 5) is 13.8. The summed E-state index contributed by atoms with van der Waals surface area (Å²) < 4.78 is 5.33. The summed E-state index contributed by atoms with van der Waals surface area (Å²) >= 11 is 0. The molecule has 5 nitrogen and oxygen atoms in total. The van der Waals surface area contributed by atoms with Crippen LogP contribution in [0.4, 0.5) is 0 Å². The summed E-state index contributed by atoms with van der Waals surface area (Å²) in [7, 11) is 0. The lowest BCUT2D eigenvalue weighted by Crippen LogP contribution is -2.44. The van der Waals surface area contributed by atoms with Crippen LogP contribution in [-0.2, 0) is 9.53 Å². The van der Waals surface area contributed by atoms with E-state index in [1.807, 2.05) is 18.7 Å². The summed E-state index contributed by atoms with van der Waals surface area (Å²) in [5, 5.41) is 12.2. The lowest BCUT2D eigenvalue weighted by molar-refractivity contribution is -0.133. The van der Waals surface area contributed by atoms with Crippen LogP contribution in [0.25, 0.3) is 0 Å².